The van der Waals surface area contributed by atoms with E-state index < -0.39 is 0 Å². The number of aromatic nitrogens is 2. The van der Waals surface area contributed by atoms with Crippen LogP contribution in [0.15, 0.2) is 6.07 Å². The largest absolute Gasteiger partial charge is 0.370 e. The number of thioether (sulfide) groups is 1. The minimum absolute atomic E-state index is 0.521. The fraction of sp³-hybridized carbons (Fsp3) is 0.692. The highest BCUT2D eigenvalue weighted by molar-refractivity contribution is 8.00. The monoisotopic (exact) mass is 266 g/mol. The van der Waals surface area contributed by atoms with Crippen molar-refractivity contribution in [3.8, 4) is 0 Å². The SMILES string of the molecule is CCNc1cc(N2CCSC(C)C2C)nc(C)n1. The predicted molar refractivity (Wildman–Crippen MR) is 79.7 cm³/mol. The molecule has 18 heavy (non-hydrogen) atoms. The number of nitrogens with one attached hydrogen (secondary N) is 1. The lowest BCUT2D eigenvalue weighted by Crippen LogP contribution is -2.45. The maximum absolute atomic E-state index is 4.59. The van der Waals surface area contributed by atoms with E-state index >= 15 is 0 Å². The van der Waals surface area contributed by atoms with E-state index in [1.807, 2.05) is 18.7 Å². The minimum Gasteiger partial charge on any atom is -0.370 e. The number of hydrogen-bond acceptors (Lipinski definition) is 5. The van der Waals surface area contributed by atoms with E-state index in [2.05, 4.69) is 47.0 Å². The summed E-state index contributed by atoms with van der Waals surface area (Å²) >= 11 is 2.04. The smallest absolute Gasteiger partial charge is 0.134 e. The molecule has 1 aromatic heterocycles. The molecule has 0 amide bonds. The summed E-state index contributed by atoms with van der Waals surface area (Å²) < 4.78 is 0. The zero-order valence-electron chi connectivity index (χ0n) is 11.6. The Morgan fingerprint density at radius 3 is 2.94 bits per heavy atom. The standard InChI is InChI=1S/C13H22N4S/c1-5-14-12-8-13(16-11(4)15-12)17-6-7-18-10(3)9(17)2/h8-10H,5-7H2,1-4H3,(H,14,15,16). The molecule has 0 spiro atoms. The molecule has 5 heteroatoms. The van der Waals surface area contributed by atoms with Crippen LogP contribution in [0.4, 0.5) is 11.6 Å². The van der Waals surface area contributed by atoms with Gasteiger partial charge >= 0.3 is 0 Å². The van der Waals surface area contributed by atoms with Gasteiger partial charge in [-0.3, -0.25) is 0 Å². The van der Waals surface area contributed by atoms with Crippen LogP contribution >= 0.6 is 11.8 Å². The summed E-state index contributed by atoms with van der Waals surface area (Å²) in [7, 11) is 0. The van der Waals surface area contributed by atoms with Gasteiger partial charge in [0, 0.05) is 36.2 Å². The molecule has 2 unspecified atom stereocenters. The molecule has 0 saturated carbocycles. The average molecular weight is 266 g/mol. The van der Waals surface area contributed by atoms with Crippen LogP contribution in [0, 0.1) is 6.92 Å². The molecule has 2 rings (SSSR count). The van der Waals surface area contributed by atoms with Gasteiger partial charge in [0.2, 0.25) is 0 Å². The third-order valence-electron chi connectivity index (χ3n) is 3.36. The quantitative estimate of drug-likeness (QED) is 0.910. The molecule has 1 aliphatic rings. The van der Waals surface area contributed by atoms with Gasteiger partial charge in [0.1, 0.15) is 17.5 Å². The number of nitrogens with zero attached hydrogens (tertiary/aromatic N) is 3. The van der Waals surface area contributed by atoms with Crippen LogP contribution in [0.1, 0.15) is 26.6 Å². The van der Waals surface area contributed by atoms with E-state index in [9.17, 15) is 0 Å². The number of anilines is 2. The van der Waals surface area contributed by atoms with Crippen LogP contribution in [0.5, 0.6) is 0 Å². The highest BCUT2D eigenvalue weighted by Crippen LogP contribution is 2.28. The first-order chi connectivity index (χ1) is 8.61. The van der Waals surface area contributed by atoms with Crippen molar-refractivity contribution in [2.45, 2.75) is 39.0 Å². The Labute approximate surface area is 114 Å². The number of aryl methyl sites for hydroxylation is 1. The van der Waals surface area contributed by atoms with Crippen molar-refractivity contribution >= 4 is 23.4 Å². The van der Waals surface area contributed by atoms with Crippen LogP contribution in [-0.2, 0) is 0 Å². The third kappa shape index (κ3) is 2.88. The molecule has 1 aromatic rings. The van der Waals surface area contributed by atoms with Gasteiger partial charge in [0.25, 0.3) is 0 Å². The zero-order chi connectivity index (χ0) is 13.1. The van der Waals surface area contributed by atoms with Crippen LogP contribution < -0.4 is 10.2 Å². The van der Waals surface area contributed by atoms with Crippen molar-refractivity contribution in [1.29, 1.82) is 0 Å². The Morgan fingerprint density at radius 2 is 2.22 bits per heavy atom. The highest BCUT2D eigenvalue weighted by Gasteiger charge is 2.26. The molecule has 2 atom stereocenters. The van der Waals surface area contributed by atoms with E-state index in [1.54, 1.807) is 0 Å². The van der Waals surface area contributed by atoms with Gasteiger partial charge in [-0.25, -0.2) is 9.97 Å². The first-order valence-corrected chi connectivity index (χ1v) is 7.64. The highest BCUT2D eigenvalue weighted by atomic mass is 32.2. The molecular formula is C13H22N4S. The fourth-order valence-electron chi connectivity index (χ4n) is 2.23. The van der Waals surface area contributed by atoms with Crippen molar-refractivity contribution in [1.82, 2.24) is 9.97 Å². The molecule has 0 radical (unpaired) electrons. The molecule has 100 valence electrons. The second kappa shape index (κ2) is 5.78. The summed E-state index contributed by atoms with van der Waals surface area (Å²) in [6, 6.07) is 2.59. The van der Waals surface area contributed by atoms with E-state index in [4.69, 9.17) is 0 Å². The topological polar surface area (TPSA) is 41.0 Å². The molecule has 0 aliphatic carbocycles. The van der Waals surface area contributed by atoms with Crippen molar-refractivity contribution in [3.05, 3.63) is 11.9 Å². The third-order valence-corrected chi connectivity index (χ3v) is 4.70. The van der Waals surface area contributed by atoms with Crippen molar-refractivity contribution in [2.24, 2.45) is 0 Å². The van der Waals surface area contributed by atoms with Gasteiger partial charge in [0.05, 0.1) is 0 Å². The molecule has 1 saturated heterocycles. The Kier molecular flexibility index (Phi) is 4.32. The van der Waals surface area contributed by atoms with Crippen molar-refractivity contribution in [3.63, 3.8) is 0 Å². The molecular weight excluding hydrogens is 244 g/mol. The summed E-state index contributed by atoms with van der Waals surface area (Å²) in [5, 5.41) is 3.92. The van der Waals surface area contributed by atoms with Crippen LogP contribution in [0.25, 0.3) is 0 Å². The van der Waals surface area contributed by atoms with E-state index in [-0.39, 0.29) is 0 Å². The van der Waals surface area contributed by atoms with Crippen LogP contribution in [0.2, 0.25) is 0 Å². The summed E-state index contributed by atoms with van der Waals surface area (Å²) in [6.45, 7) is 10.6. The fourth-order valence-corrected chi connectivity index (χ4v) is 3.33. The number of rotatable bonds is 3. The van der Waals surface area contributed by atoms with Gasteiger partial charge in [-0.1, -0.05) is 6.92 Å². The van der Waals surface area contributed by atoms with Crippen molar-refractivity contribution in [2.75, 3.05) is 29.1 Å². The lowest BCUT2D eigenvalue weighted by molar-refractivity contribution is 0.619. The van der Waals surface area contributed by atoms with E-state index in [0.717, 1.165) is 30.5 Å². The average Bonchev–Trinajstić information content (AvgIpc) is 2.32. The van der Waals surface area contributed by atoms with Gasteiger partial charge in [-0.2, -0.15) is 11.8 Å². The first-order valence-electron chi connectivity index (χ1n) is 6.59. The Morgan fingerprint density at radius 1 is 1.44 bits per heavy atom. The second-order valence-corrected chi connectivity index (χ2v) is 6.18. The summed E-state index contributed by atoms with van der Waals surface area (Å²) in [5.41, 5.74) is 0. The van der Waals surface area contributed by atoms with E-state index in [0.29, 0.717) is 11.3 Å². The van der Waals surface area contributed by atoms with Gasteiger partial charge < -0.3 is 10.2 Å². The maximum atomic E-state index is 4.59. The molecule has 0 aromatic carbocycles. The van der Waals surface area contributed by atoms with Crippen LogP contribution in [-0.4, -0.2) is 40.1 Å². The van der Waals surface area contributed by atoms with E-state index in [1.165, 1.54) is 5.75 Å². The Balaban J connectivity index is 2.26. The second-order valence-electron chi connectivity index (χ2n) is 4.70. The lowest BCUT2D eigenvalue weighted by Gasteiger charge is -2.38. The minimum atomic E-state index is 0.521. The van der Waals surface area contributed by atoms with Gasteiger partial charge in [-0.05, 0) is 20.8 Å². The normalized spacial score (nSPS) is 24.1. The Hall–Kier alpha value is -0.970. The molecule has 1 N–H and O–H groups in total. The zero-order valence-corrected chi connectivity index (χ0v) is 12.4. The first kappa shape index (κ1) is 13.5. The molecule has 1 aliphatic heterocycles. The predicted octanol–water partition coefficient (Wildman–Crippen LogP) is 2.55. The Bertz CT molecular complexity index is 410. The molecule has 4 nitrogen and oxygen atoms in total. The number of hydrogen-bond donors (Lipinski definition) is 1. The molecule has 2 heterocycles. The van der Waals surface area contributed by atoms with Crippen LogP contribution in [0.3, 0.4) is 0 Å². The molecule has 1 fully saturated rings. The van der Waals surface area contributed by atoms with Gasteiger partial charge in [0.15, 0.2) is 0 Å². The lowest BCUT2D eigenvalue weighted by atomic mass is 10.2. The van der Waals surface area contributed by atoms with Gasteiger partial charge in [-0.15, -0.1) is 0 Å². The molecule has 0 bridgehead atoms. The summed E-state index contributed by atoms with van der Waals surface area (Å²) in [6.07, 6.45) is 0. The van der Waals surface area contributed by atoms with Crippen molar-refractivity contribution < 1.29 is 0 Å². The summed E-state index contributed by atoms with van der Waals surface area (Å²) in [4.78, 5) is 11.4. The summed E-state index contributed by atoms with van der Waals surface area (Å²) in [5.74, 6) is 3.99. The maximum Gasteiger partial charge on any atom is 0.134 e.